The van der Waals surface area contributed by atoms with Crippen LogP contribution in [-0.4, -0.2) is 25.0 Å². The smallest absolute Gasteiger partial charge is 0.315 e. The molecule has 1 saturated carbocycles. The molecule has 0 aliphatic heterocycles. The molecule has 1 atom stereocenters. The Hall–Kier alpha value is -2.11. The third kappa shape index (κ3) is 5.23. The van der Waals surface area contributed by atoms with Crippen molar-refractivity contribution in [2.45, 2.75) is 39.7 Å². The molecule has 0 saturated heterocycles. The van der Waals surface area contributed by atoms with Crippen LogP contribution in [0.1, 0.15) is 42.5 Å². The van der Waals surface area contributed by atoms with Gasteiger partial charge in [0.2, 0.25) is 5.91 Å². The second-order valence-electron chi connectivity index (χ2n) is 6.26. The number of aryl methyl sites for hydroxylation is 2. The molecule has 2 rings (SSSR count). The Bertz CT molecular complexity index is 576. The molecule has 1 fully saturated rings. The van der Waals surface area contributed by atoms with Gasteiger partial charge >= 0.3 is 6.03 Å². The summed E-state index contributed by atoms with van der Waals surface area (Å²) in [6.07, 6.45) is 2.34. The Morgan fingerprint density at radius 1 is 1.22 bits per heavy atom. The van der Waals surface area contributed by atoms with Crippen LogP contribution in [0.3, 0.4) is 0 Å². The summed E-state index contributed by atoms with van der Waals surface area (Å²) in [5.74, 6) is 0.198. The molecule has 1 aromatic carbocycles. The topological polar surface area (TPSA) is 70.2 Å². The van der Waals surface area contributed by atoms with Crippen LogP contribution in [0.2, 0.25) is 0 Å². The number of hydrogen-bond donors (Lipinski definition) is 3. The second kappa shape index (κ2) is 7.44. The van der Waals surface area contributed by atoms with Gasteiger partial charge in [0, 0.05) is 6.54 Å². The zero-order valence-corrected chi connectivity index (χ0v) is 13.8. The highest BCUT2D eigenvalue weighted by molar-refractivity contribution is 5.84. The number of hydrogen-bond acceptors (Lipinski definition) is 2. The highest BCUT2D eigenvalue weighted by Crippen LogP contribution is 2.27. The van der Waals surface area contributed by atoms with E-state index in [9.17, 15) is 14.0 Å². The molecule has 23 heavy (non-hydrogen) atoms. The molecule has 5 nitrogen and oxygen atoms in total. The highest BCUT2D eigenvalue weighted by atomic mass is 19.1. The van der Waals surface area contributed by atoms with E-state index in [0.29, 0.717) is 23.6 Å². The number of carbonyl (C=O) groups excluding carboxylic acids is 2. The zero-order chi connectivity index (χ0) is 17.0. The quantitative estimate of drug-likeness (QED) is 0.752. The Kier molecular flexibility index (Phi) is 5.58. The van der Waals surface area contributed by atoms with Crippen LogP contribution in [0.15, 0.2) is 12.1 Å². The van der Waals surface area contributed by atoms with E-state index in [4.69, 9.17) is 0 Å². The number of halogens is 1. The van der Waals surface area contributed by atoms with Crippen LogP contribution in [0.4, 0.5) is 9.18 Å². The Morgan fingerprint density at radius 2 is 1.83 bits per heavy atom. The van der Waals surface area contributed by atoms with Crippen LogP contribution >= 0.6 is 0 Å². The first-order valence-electron chi connectivity index (χ1n) is 7.94. The van der Waals surface area contributed by atoms with E-state index in [0.717, 1.165) is 5.56 Å². The molecule has 0 radical (unpaired) electrons. The van der Waals surface area contributed by atoms with Crippen LogP contribution in [0.25, 0.3) is 0 Å². The highest BCUT2D eigenvalue weighted by Gasteiger charge is 2.21. The van der Waals surface area contributed by atoms with Gasteiger partial charge in [-0.2, -0.15) is 0 Å². The number of carbonyl (C=O) groups is 2. The second-order valence-corrected chi connectivity index (χ2v) is 6.26. The minimum Gasteiger partial charge on any atom is -0.354 e. The Morgan fingerprint density at radius 3 is 2.39 bits per heavy atom. The van der Waals surface area contributed by atoms with Gasteiger partial charge in [0.25, 0.3) is 0 Å². The first kappa shape index (κ1) is 17.2. The third-order valence-electron chi connectivity index (χ3n) is 4.00. The fourth-order valence-electron chi connectivity index (χ4n) is 2.36. The summed E-state index contributed by atoms with van der Waals surface area (Å²) in [7, 11) is 0. The molecule has 3 amide bonds. The monoisotopic (exact) mass is 321 g/mol. The summed E-state index contributed by atoms with van der Waals surface area (Å²) in [6, 6.07) is 2.74. The summed E-state index contributed by atoms with van der Waals surface area (Å²) in [5, 5.41) is 8.06. The maximum atomic E-state index is 13.6. The summed E-state index contributed by atoms with van der Waals surface area (Å²) in [6.45, 7) is 5.85. The van der Waals surface area contributed by atoms with E-state index < -0.39 is 6.03 Å². The number of nitrogens with one attached hydrogen (secondary N) is 3. The zero-order valence-electron chi connectivity index (χ0n) is 13.8. The lowest BCUT2D eigenvalue weighted by Gasteiger charge is -2.17. The lowest BCUT2D eigenvalue weighted by molar-refractivity contribution is -0.120. The fraction of sp³-hybridized carbons (Fsp3) is 0.529. The minimum absolute atomic E-state index is 0.0489. The minimum atomic E-state index is -0.418. The lowest BCUT2D eigenvalue weighted by Crippen LogP contribution is -2.43. The summed E-state index contributed by atoms with van der Waals surface area (Å²) in [5.41, 5.74) is 1.93. The number of rotatable bonds is 6. The molecule has 0 heterocycles. The van der Waals surface area contributed by atoms with Gasteiger partial charge in [-0.1, -0.05) is 12.1 Å². The van der Waals surface area contributed by atoms with Crippen LogP contribution in [-0.2, 0) is 4.79 Å². The standard InChI is InChI=1S/C17H24FN3O2/c1-10-6-14(7-11(2)16(10)18)12(3)21-17(23)20-9-15(22)19-8-13-4-5-13/h6-7,12-13H,4-5,8-9H2,1-3H3,(H,19,22)(H2,20,21,23)/t12-/m1/s1. The molecule has 1 aromatic rings. The van der Waals surface area contributed by atoms with E-state index in [-0.39, 0.29) is 24.3 Å². The third-order valence-corrected chi connectivity index (χ3v) is 4.00. The molecular formula is C17H24FN3O2. The maximum Gasteiger partial charge on any atom is 0.315 e. The molecule has 1 aliphatic rings. The Balaban J connectivity index is 1.78. The average molecular weight is 321 g/mol. The van der Waals surface area contributed by atoms with E-state index in [1.165, 1.54) is 12.8 Å². The Labute approximate surface area is 136 Å². The molecule has 0 bridgehead atoms. The van der Waals surface area contributed by atoms with Crippen molar-refractivity contribution in [3.63, 3.8) is 0 Å². The first-order chi connectivity index (χ1) is 10.9. The van der Waals surface area contributed by atoms with Crippen molar-refractivity contribution >= 4 is 11.9 Å². The van der Waals surface area contributed by atoms with Crippen molar-refractivity contribution < 1.29 is 14.0 Å². The largest absolute Gasteiger partial charge is 0.354 e. The van der Waals surface area contributed by atoms with E-state index >= 15 is 0 Å². The van der Waals surface area contributed by atoms with Gasteiger partial charge in [-0.15, -0.1) is 0 Å². The molecular weight excluding hydrogens is 297 g/mol. The van der Waals surface area contributed by atoms with Crippen molar-refractivity contribution in [1.29, 1.82) is 0 Å². The van der Waals surface area contributed by atoms with Crippen molar-refractivity contribution in [3.05, 3.63) is 34.6 Å². The van der Waals surface area contributed by atoms with Crippen molar-refractivity contribution in [2.24, 2.45) is 5.92 Å². The first-order valence-corrected chi connectivity index (χ1v) is 7.94. The van der Waals surface area contributed by atoms with E-state index in [1.54, 1.807) is 26.0 Å². The van der Waals surface area contributed by atoms with Gasteiger partial charge in [0.05, 0.1) is 12.6 Å². The van der Waals surface area contributed by atoms with Crippen molar-refractivity contribution in [1.82, 2.24) is 16.0 Å². The van der Waals surface area contributed by atoms with E-state index in [1.807, 2.05) is 6.92 Å². The van der Waals surface area contributed by atoms with Gasteiger partial charge < -0.3 is 16.0 Å². The molecule has 126 valence electrons. The number of amides is 3. The summed E-state index contributed by atoms with van der Waals surface area (Å²) >= 11 is 0. The molecule has 3 N–H and O–H groups in total. The average Bonchev–Trinajstić information content (AvgIpc) is 3.32. The van der Waals surface area contributed by atoms with Crippen LogP contribution in [0, 0.1) is 25.6 Å². The maximum absolute atomic E-state index is 13.6. The normalized spacial score (nSPS) is 15.0. The molecule has 0 unspecified atom stereocenters. The predicted octanol–water partition coefficient (Wildman–Crippen LogP) is 2.33. The van der Waals surface area contributed by atoms with Crippen molar-refractivity contribution in [2.75, 3.05) is 13.1 Å². The van der Waals surface area contributed by atoms with Crippen molar-refractivity contribution in [3.8, 4) is 0 Å². The summed E-state index contributed by atoms with van der Waals surface area (Å²) in [4.78, 5) is 23.4. The number of urea groups is 1. The van der Waals surface area contributed by atoms with Crippen LogP contribution in [0.5, 0.6) is 0 Å². The van der Waals surface area contributed by atoms with E-state index in [2.05, 4.69) is 16.0 Å². The predicted molar refractivity (Wildman–Crippen MR) is 86.6 cm³/mol. The molecule has 0 aromatic heterocycles. The molecule has 0 spiro atoms. The van der Waals surface area contributed by atoms with Crippen LogP contribution < -0.4 is 16.0 Å². The lowest BCUT2D eigenvalue weighted by atomic mass is 10.0. The fourth-order valence-corrected chi connectivity index (χ4v) is 2.36. The molecule has 1 aliphatic carbocycles. The van der Waals surface area contributed by atoms with Gasteiger partial charge in [0.1, 0.15) is 5.82 Å². The van der Waals surface area contributed by atoms with Gasteiger partial charge in [-0.3, -0.25) is 4.79 Å². The SMILES string of the molecule is Cc1cc([C@@H](C)NC(=O)NCC(=O)NCC2CC2)cc(C)c1F. The molecule has 6 heteroatoms. The van der Waals surface area contributed by atoms with Gasteiger partial charge in [0.15, 0.2) is 0 Å². The summed E-state index contributed by atoms with van der Waals surface area (Å²) < 4.78 is 13.6. The van der Waals surface area contributed by atoms with Gasteiger partial charge in [-0.25, -0.2) is 9.18 Å². The number of benzene rings is 1. The van der Waals surface area contributed by atoms with Gasteiger partial charge in [-0.05, 0) is 56.2 Å².